The van der Waals surface area contributed by atoms with E-state index in [1.165, 1.54) is 38.4 Å². The Kier molecular flexibility index (Phi) is 2.10. The van der Waals surface area contributed by atoms with E-state index in [1.807, 2.05) is 0 Å². The van der Waals surface area contributed by atoms with Crippen LogP contribution in [0.25, 0.3) is 0 Å². The van der Waals surface area contributed by atoms with Gasteiger partial charge in [0.2, 0.25) is 0 Å². The largest absolute Gasteiger partial charge is 0.303 e. The summed E-state index contributed by atoms with van der Waals surface area (Å²) in [6.45, 7) is 7.18. The molecule has 0 saturated heterocycles. The van der Waals surface area contributed by atoms with Gasteiger partial charge in [0.1, 0.15) is 6.29 Å². The van der Waals surface area contributed by atoms with Gasteiger partial charge in [0.15, 0.2) is 0 Å². The van der Waals surface area contributed by atoms with Crippen molar-refractivity contribution in [1.29, 1.82) is 0 Å². The number of hydrogen-bond donors (Lipinski definition) is 0. The predicted octanol–water partition coefficient (Wildman–Crippen LogP) is 3.67. The Labute approximate surface area is 99.0 Å². The third kappa shape index (κ3) is 1.05. The summed E-state index contributed by atoms with van der Waals surface area (Å²) in [5.41, 5.74) is 0.875. The molecule has 3 rings (SSSR count). The number of carbonyl (C=O) groups is 1. The molecule has 16 heavy (non-hydrogen) atoms. The Morgan fingerprint density at radius 1 is 1.19 bits per heavy atom. The SMILES string of the molecule is C[C@H]1CC[C@@H]2C(C)(C)[C@H](C=O)[C@@H]3CC[C@@]21C3. The molecule has 0 aliphatic heterocycles. The third-order valence-electron chi connectivity index (χ3n) is 6.60. The highest BCUT2D eigenvalue weighted by molar-refractivity contribution is 5.56. The number of fused-ring (bicyclic) bond motifs is 1. The summed E-state index contributed by atoms with van der Waals surface area (Å²) in [6.07, 6.45) is 8.11. The first-order valence-corrected chi connectivity index (χ1v) is 6.97. The van der Waals surface area contributed by atoms with Gasteiger partial charge in [-0.1, -0.05) is 20.8 Å². The highest BCUT2D eigenvalue weighted by Gasteiger charge is 2.63. The molecule has 0 amide bonds. The lowest BCUT2D eigenvalue weighted by molar-refractivity contribution is -0.124. The third-order valence-corrected chi connectivity index (χ3v) is 6.60. The maximum absolute atomic E-state index is 11.4. The van der Waals surface area contributed by atoms with E-state index in [9.17, 15) is 4.79 Å². The molecule has 0 aromatic carbocycles. The van der Waals surface area contributed by atoms with Gasteiger partial charge in [0.05, 0.1) is 0 Å². The first-order valence-electron chi connectivity index (χ1n) is 6.97. The van der Waals surface area contributed by atoms with Crippen molar-refractivity contribution in [2.45, 2.75) is 52.9 Å². The number of aldehydes is 1. The minimum atomic E-state index is 0.256. The molecule has 0 heterocycles. The van der Waals surface area contributed by atoms with Crippen LogP contribution in [0, 0.1) is 34.5 Å². The maximum Gasteiger partial charge on any atom is 0.123 e. The first kappa shape index (κ1) is 10.8. The van der Waals surface area contributed by atoms with Gasteiger partial charge in [-0.05, 0) is 60.7 Å². The number of hydrogen-bond acceptors (Lipinski definition) is 1. The molecule has 0 aromatic heterocycles. The monoisotopic (exact) mass is 220 g/mol. The minimum absolute atomic E-state index is 0.256. The summed E-state index contributed by atoms with van der Waals surface area (Å²) in [5.74, 6) is 2.74. The summed E-state index contributed by atoms with van der Waals surface area (Å²) < 4.78 is 0. The second-order valence-corrected chi connectivity index (χ2v) is 7.25. The highest BCUT2D eigenvalue weighted by atomic mass is 16.1. The summed E-state index contributed by atoms with van der Waals surface area (Å²) in [5, 5.41) is 0. The molecular formula is C15H24O. The molecule has 0 N–H and O–H groups in total. The van der Waals surface area contributed by atoms with Crippen LogP contribution in [0.15, 0.2) is 0 Å². The Hall–Kier alpha value is -0.330. The minimum Gasteiger partial charge on any atom is -0.303 e. The molecule has 5 atom stereocenters. The van der Waals surface area contributed by atoms with Crippen LogP contribution >= 0.6 is 0 Å². The molecule has 3 aliphatic rings. The van der Waals surface area contributed by atoms with E-state index in [-0.39, 0.29) is 5.41 Å². The fourth-order valence-corrected chi connectivity index (χ4v) is 5.79. The van der Waals surface area contributed by atoms with E-state index < -0.39 is 0 Å². The van der Waals surface area contributed by atoms with Crippen molar-refractivity contribution >= 4 is 6.29 Å². The zero-order valence-corrected chi connectivity index (χ0v) is 10.8. The second kappa shape index (κ2) is 3.11. The molecule has 1 nitrogen and oxygen atoms in total. The molecule has 1 heteroatoms. The van der Waals surface area contributed by atoms with Crippen LogP contribution in [0.1, 0.15) is 52.9 Å². The zero-order chi connectivity index (χ0) is 11.6. The van der Waals surface area contributed by atoms with Gasteiger partial charge in [0.25, 0.3) is 0 Å². The fraction of sp³-hybridized carbons (Fsp3) is 0.933. The molecule has 0 radical (unpaired) electrons. The maximum atomic E-state index is 11.4. The van der Waals surface area contributed by atoms with Gasteiger partial charge in [-0.3, -0.25) is 0 Å². The van der Waals surface area contributed by atoms with Crippen molar-refractivity contribution in [3.05, 3.63) is 0 Å². The average molecular weight is 220 g/mol. The summed E-state index contributed by atoms with van der Waals surface area (Å²) in [4.78, 5) is 11.4. The topological polar surface area (TPSA) is 17.1 Å². The van der Waals surface area contributed by atoms with Crippen molar-refractivity contribution in [3.63, 3.8) is 0 Å². The van der Waals surface area contributed by atoms with E-state index in [4.69, 9.17) is 0 Å². The highest BCUT2D eigenvalue weighted by Crippen LogP contribution is 2.70. The second-order valence-electron chi connectivity index (χ2n) is 7.25. The molecule has 0 unspecified atom stereocenters. The fourth-order valence-electron chi connectivity index (χ4n) is 5.79. The van der Waals surface area contributed by atoms with Crippen LogP contribution < -0.4 is 0 Å². The van der Waals surface area contributed by atoms with Crippen molar-refractivity contribution in [3.8, 4) is 0 Å². The Morgan fingerprint density at radius 3 is 2.62 bits per heavy atom. The Balaban J connectivity index is 2.06. The number of carbonyl (C=O) groups excluding carboxylic acids is 1. The Bertz CT molecular complexity index is 319. The lowest BCUT2D eigenvalue weighted by atomic mass is 9.52. The van der Waals surface area contributed by atoms with Crippen molar-refractivity contribution in [1.82, 2.24) is 0 Å². The standard InChI is InChI=1S/C15H24O/c1-10-4-5-13-14(2,3)12(9-16)11-6-7-15(10,13)8-11/h9-13H,4-8H2,1-3H3/t10-,11+,12+,13+,15-/m0/s1. The number of rotatable bonds is 1. The lowest BCUT2D eigenvalue weighted by Gasteiger charge is -2.52. The van der Waals surface area contributed by atoms with Gasteiger partial charge in [-0.2, -0.15) is 0 Å². The molecule has 1 spiro atoms. The van der Waals surface area contributed by atoms with Crippen molar-refractivity contribution in [2.24, 2.45) is 34.5 Å². The molecule has 90 valence electrons. The zero-order valence-electron chi connectivity index (χ0n) is 10.8. The van der Waals surface area contributed by atoms with E-state index >= 15 is 0 Å². The first-order chi connectivity index (χ1) is 7.52. The quantitative estimate of drug-likeness (QED) is 0.616. The van der Waals surface area contributed by atoms with Crippen LogP contribution in [0.2, 0.25) is 0 Å². The molecule has 2 bridgehead atoms. The predicted molar refractivity (Wildman–Crippen MR) is 65.0 cm³/mol. The van der Waals surface area contributed by atoms with Gasteiger partial charge in [-0.15, -0.1) is 0 Å². The summed E-state index contributed by atoms with van der Waals surface area (Å²) in [6, 6.07) is 0. The Morgan fingerprint density at radius 2 is 1.94 bits per heavy atom. The van der Waals surface area contributed by atoms with Crippen molar-refractivity contribution in [2.75, 3.05) is 0 Å². The molecule has 0 aromatic rings. The average Bonchev–Trinajstić information content (AvgIpc) is 2.74. The van der Waals surface area contributed by atoms with Crippen LogP contribution in [0.4, 0.5) is 0 Å². The normalized spacial score (nSPS) is 53.7. The van der Waals surface area contributed by atoms with E-state index in [0.29, 0.717) is 17.3 Å². The lowest BCUT2D eigenvalue weighted by Crippen LogP contribution is -2.47. The molecule has 3 aliphatic carbocycles. The van der Waals surface area contributed by atoms with E-state index in [1.54, 1.807) is 0 Å². The van der Waals surface area contributed by atoms with Crippen LogP contribution in [0.3, 0.4) is 0 Å². The van der Waals surface area contributed by atoms with Gasteiger partial charge in [0, 0.05) is 5.92 Å². The van der Waals surface area contributed by atoms with Crippen molar-refractivity contribution < 1.29 is 4.79 Å². The van der Waals surface area contributed by atoms with Gasteiger partial charge >= 0.3 is 0 Å². The smallest absolute Gasteiger partial charge is 0.123 e. The van der Waals surface area contributed by atoms with E-state index in [2.05, 4.69) is 20.8 Å². The van der Waals surface area contributed by atoms with Crippen LogP contribution in [0.5, 0.6) is 0 Å². The van der Waals surface area contributed by atoms with E-state index in [0.717, 1.165) is 11.8 Å². The summed E-state index contributed by atoms with van der Waals surface area (Å²) in [7, 11) is 0. The summed E-state index contributed by atoms with van der Waals surface area (Å²) >= 11 is 0. The molecule has 3 saturated carbocycles. The van der Waals surface area contributed by atoms with Crippen LogP contribution in [-0.2, 0) is 4.79 Å². The van der Waals surface area contributed by atoms with Crippen LogP contribution in [-0.4, -0.2) is 6.29 Å². The van der Waals surface area contributed by atoms with Gasteiger partial charge < -0.3 is 4.79 Å². The molecular weight excluding hydrogens is 196 g/mol. The molecule has 3 fully saturated rings. The van der Waals surface area contributed by atoms with Gasteiger partial charge in [-0.25, -0.2) is 0 Å².